The molecule has 2 rings (SSSR count). The second-order valence-corrected chi connectivity index (χ2v) is 8.29. The van der Waals surface area contributed by atoms with Gasteiger partial charge in [0.2, 0.25) is 0 Å². The topological polar surface area (TPSA) is 52.6 Å². The summed E-state index contributed by atoms with van der Waals surface area (Å²) in [5, 5.41) is 0. The van der Waals surface area contributed by atoms with Gasteiger partial charge in [-0.2, -0.15) is 0 Å². The highest BCUT2D eigenvalue weighted by molar-refractivity contribution is 5.76. The van der Waals surface area contributed by atoms with Crippen molar-refractivity contribution in [2.45, 2.75) is 104 Å². The Morgan fingerprint density at radius 3 is 2.33 bits per heavy atom. The number of carbonyl (C=O) groups is 2. The Morgan fingerprint density at radius 1 is 1.08 bits per heavy atom. The molecule has 2 saturated carbocycles. The monoisotopic (exact) mass is 338 g/mol. The molecule has 2 aliphatic rings. The highest BCUT2D eigenvalue weighted by Gasteiger charge is 2.40. The number of carbonyl (C=O) groups excluding carboxylic acids is 2. The van der Waals surface area contributed by atoms with E-state index in [4.69, 9.17) is 9.47 Å². The van der Waals surface area contributed by atoms with Crippen LogP contribution < -0.4 is 0 Å². The molecule has 0 aromatic rings. The predicted octanol–water partition coefficient (Wildman–Crippen LogP) is 4.79. The predicted molar refractivity (Wildman–Crippen MR) is 93.5 cm³/mol. The van der Waals surface area contributed by atoms with E-state index in [0.29, 0.717) is 6.42 Å². The van der Waals surface area contributed by atoms with Gasteiger partial charge in [-0.25, -0.2) is 0 Å². The Hall–Kier alpha value is -1.06. The number of hydrogen-bond acceptors (Lipinski definition) is 4. The van der Waals surface area contributed by atoms with E-state index in [0.717, 1.165) is 57.8 Å². The van der Waals surface area contributed by atoms with Crippen molar-refractivity contribution in [3.8, 4) is 0 Å². The molecule has 2 atom stereocenters. The minimum absolute atomic E-state index is 0.0748. The molecule has 0 saturated heterocycles. The van der Waals surface area contributed by atoms with Gasteiger partial charge in [0.05, 0.1) is 11.3 Å². The van der Waals surface area contributed by atoms with E-state index in [9.17, 15) is 9.59 Å². The smallest absolute Gasteiger partial charge is 0.311 e. The SMILES string of the molecule is CCC1(OC(=O)C2CCCC(OC(=O)C(C)(C)CC)C2)CCCC1. The summed E-state index contributed by atoms with van der Waals surface area (Å²) in [5.74, 6) is -0.343. The average molecular weight is 338 g/mol. The molecule has 0 heterocycles. The van der Waals surface area contributed by atoms with Gasteiger partial charge in [0.15, 0.2) is 0 Å². The molecular formula is C20H34O4. The minimum atomic E-state index is -0.455. The Balaban J connectivity index is 1.90. The third-order valence-electron chi connectivity index (χ3n) is 6.15. The third-order valence-corrected chi connectivity index (χ3v) is 6.15. The first-order chi connectivity index (χ1) is 11.3. The van der Waals surface area contributed by atoms with E-state index >= 15 is 0 Å². The van der Waals surface area contributed by atoms with Crippen LogP contribution in [0.2, 0.25) is 0 Å². The zero-order chi connectivity index (χ0) is 17.8. The first kappa shape index (κ1) is 19.3. The van der Waals surface area contributed by atoms with E-state index in [1.807, 2.05) is 20.8 Å². The van der Waals surface area contributed by atoms with E-state index < -0.39 is 5.41 Å². The highest BCUT2D eigenvalue weighted by Crippen LogP contribution is 2.38. The van der Waals surface area contributed by atoms with Crippen LogP contribution in [0, 0.1) is 11.3 Å². The van der Waals surface area contributed by atoms with Gasteiger partial charge in [0.25, 0.3) is 0 Å². The maximum atomic E-state index is 12.6. The second kappa shape index (κ2) is 7.88. The van der Waals surface area contributed by atoms with Crippen molar-refractivity contribution in [3.63, 3.8) is 0 Å². The highest BCUT2D eigenvalue weighted by atomic mass is 16.6. The van der Waals surface area contributed by atoms with Gasteiger partial charge in [-0.1, -0.05) is 13.8 Å². The molecule has 0 aromatic carbocycles. The van der Waals surface area contributed by atoms with Crippen molar-refractivity contribution in [1.82, 2.24) is 0 Å². The van der Waals surface area contributed by atoms with Crippen molar-refractivity contribution in [2.75, 3.05) is 0 Å². The van der Waals surface area contributed by atoms with Crippen molar-refractivity contribution >= 4 is 11.9 Å². The van der Waals surface area contributed by atoms with Crippen LogP contribution in [0.15, 0.2) is 0 Å². The summed E-state index contributed by atoms with van der Waals surface area (Å²) in [5.41, 5.74) is -0.686. The average Bonchev–Trinajstić information content (AvgIpc) is 3.04. The van der Waals surface area contributed by atoms with Crippen LogP contribution in [0.1, 0.15) is 91.9 Å². The molecule has 2 aliphatic carbocycles. The summed E-state index contributed by atoms with van der Waals surface area (Å²) in [6.07, 6.45) is 9.03. The van der Waals surface area contributed by atoms with Gasteiger partial charge in [-0.3, -0.25) is 9.59 Å². The van der Waals surface area contributed by atoms with Crippen LogP contribution in [0.4, 0.5) is 0 Å². The number of rotatable bonds is 6. The van der Waals surface area contributed by atoms with Crippen molar-refractivity contribution in [3.05, 3.63) is 0 Å². The van der Waals surface area contributed by atoms with E-state index in [1.54, 1.807) is 0 Å². The van der Waals surface area contributed by atoms with Crippen molar-refractivity contribution < 1.29 is 19.1 Å². The second-order valence-electron chi connectivity index (χ2n) is 8.29. The molecule has 24 heavy (non-hydrogen) atoms. The van der Waals surface area contributed by atoms with E-state index in [1.165, 1.54) is 0 Å². The maximum Gasteiger partial charge on any atom is 0.311 e. The molecule has 0 amide bonds. The number of esters is 2. The molecule has 0 aliphatic heterocycles. The first-order valence-corrected chi connectivity index (χ1v) is 9.76. The molecule has 2 fully saturated rings. The minimum Gasteiger partial charge on any atom is -0.462 e. The maximum absolute atomic E-state index is 12.6. The molecule has 0 N–H and O–H groups in total. The standard InChI is InChI=1S/C20H34O4/c1-5-19(3,4)18(22)23-16-11-9-10-15(14-16)17(21)24-20(6-2)12-7-8-13-20/h15-16H,5-14H2,1-4H3. The van der Waals surface area contributed by atoms with Crippen LogP contribution in [0.5, 0.6) is 0 Å². The summed E-state index contributed by atoms with van der Waals surface area (Å²) in [4.78, 5) is 24.9. The molecule has 4 nitrogen and oxygen atoms in total. The third kappa shape index (κ3) is 4.52. The zero-order valence-electron chi connectivity index (χ0n) is 15.9. The number of ether oxygens (including phenoxy) is 2. The Kier molecular flexibility index (Phi) is 6.33. The Labute approximate surface area is 146 Å². The van der Waals surface area contributed by atoms with Crippen molar-refractivity contribution in [2.24, 2.45) is 11.3 Å². The summed E-state index contributed by atoms with van der Waals surface area (Å²) in [7, 11) is 0. The zero-order valence-corrected chi connectivity index (χ0v) is 15.9. The van der Waals surface area contributed by atoms with Crippen LogP contribution in [-0.4, -0.2) is 23.6 Å². The molecule has 2 unspecified atom stereocenters. The first-order valence-electron chi connectivity index (χ1n) is 9.76. The quantitative estimate of drug-likeness (QED) is 0.653. The van der Waals surface area contributed by atoms with E-state index in [-0.39, 0.29) is 29.6 Å². The normalized spacial score (nSPS) is 26.8. The lowest BCUT2D eigenvalue weighted by atomic mass is 9.86. The van der Waals surface area contributed by atoms with Gasteiger partial charge in [0.1, 0.15) is 11.7 Å². The van der Waals surface area contributed by atoms with Crippen LogP contribution in [0.3, 0.4) is 0 Å². The fourth-order valence-corrected chi connectivity index (χ4v) is 3.77. The molecule has 4 heteroatoms. The fraction of sp³-hybridized carbons (Fsp3) is 0.900. The van der Waals surface area contributed by atoms with Gasteiger partial charge in [-0.05, 0) is 78.1 Å². The molecule has 0 radical (unpaired) electrons. The summed E-state index contributed by atoms with van der Waals surface area (Å²) in [6, 6.07) is 0. The lowest BCUT2D eigenvalue weighted by Crippen LogP contribution is -2.38. The largest absolute Gasteiger partial charge is 0.462 e. The lowest BCUT2D eigenvalue weighted by Gasteiger charge is -2.34. The fourth-order valence-electron chi connectivity index (χ4n) is 3.77. The van der Waals surface area contributed by atoms with Crippen LogP contribution in [-0.2, 0) is 19.1 Å². The lowest BCUT2D eigenvalue weighted by molar-refractivity contribution is -0.172. The molecule has 0 bridgehead atoms. The van der Waals surface area contributed by atoms with Gasteiger partial charge >= 0.3 is 11.9 Å². The van der Waals surface area contributed by atoms with Gasteiger partial charge < -0.3 is 9.47 Å². The molecular weight excluding hydrogens is 304 g/mol. The molecule has 0 spiro atoms. The Morgan fingerprint density at radius 2 is 1.75 bits per heavy atom. The number of hydrogen-bond donors (Lipinski definition) is 0. The summed E-state index contributed by atoms with van der Waals surface area (Å²) >= 11 is 0. The van der Waals surface area contributed by atoms with E-state index in [2.05, 4.69) is 6.92 Å². The molecule has 0 aromatic heterocycles. The molecule has 138 valence electrons. The summed E-state index contributed by atoms with van der Waals surface area (Å²) in [6.45, 7) is 7.93. The van der Waals surface area contributed by atoms with Crippen LogP contribution in [0.25, 0.3) is 0 Å². The van der Waals surface area contributed by atoms with Crippen LogP contribution >= 0.6 is 0 Å². The van der Waals surface area contributed by atoms with Crippen molar-refractivity contribution in [1.29, 1.82) is 0 Å². The van der Waals surface area contributed by atoms with Gasteiger partial charge in [-0.15, -0.1) is 0 Å². The Bertz CT molecular complexity index is 449. The summed E-state index contributed by atoms with van der Waals surface area (Å²) < 4.78 is 11.7. The van der Waals surface area contributed by atoms with Gasteiger partial charge in [0, 0.05) is 0 Å².